The summed E-state index contributed by atoms with van der Waals surface area (Å²) in [5.41, 5.74) is 6.08. The summed E-state index contributed by atoms with van der Waals surface area (Å²) in [4.78, 5) is 11.0. The first-order valence-corrected chi connectivity index (χ1v) is 9.35. The van der Waals surface area contributed by atoms with Crippen molar-refractivity contribution < 1.29 is 17.9 Å². The predicted octanol–water partition coefficient (Wildman–Crippen LogP) is 1.87. The van der Waals surface area contributed by atoms with Gasteiger partial charge in [-0.15, -0.1) is 0 Å². The van der Waals surface area contributed by atoms with Crippen LogP contribution < -0.4 is 15.3 Å². The molecule has 0 fully saturated rings. The van der Waals surface area contributed by atoms with Gasteiger partial charge in [0.2, 0.25) is 15.9 Å². The molecule has 0 bridgehead atoms. The molecule has 0 aliphatic carbocycles. The Labute approximate surface area is 152 Å². The highest BCUT2D eigenvalue weighted by Gasteiger charge is 2.15. The highest BCUT2D eigenvalue weighted by Crippen LogP contribution is 2.20. The number of primary sulfonamides is 1. The average Bonchev–Trinajstić information content (AvgIpc) is 3.01. The van der Waals surface area contributed by atoms with E-state index < -0.39 is 10.0 Å². The van der Waals surface area contributed by atoms with Crippen molar-refractivity contribution in [2.45, 2.75) is 25.2 Å². The van der Waals surface area contributed by atoms with E-state index in [0.717, 1.165) is 11.3 Å². The molecular formula is C18H21N3O4S. The van der Waals surface area contributed by atoms with Crippen molar-refractivity contribution in [2.24, 2.45) is 10.2 Å². The van der Waals surface area contributed by atoms with Crippen LogP contribution in [0.3, 0.4) is 0 Å². The molecule has 138 valence electrons. The van der Waals surface area contributed by atoms with Crippen molar-refractivity contribution in [1.29, 1.82) is 0 Å². The summed E-state index contributed by atoms with van der Waals surface area (Å²) in [6, 6.07) is 12.7. The molecule has 0 atom stereocenters. The third kappa shape index (κ3) is 5.14. The predicted molar refractivity (Wildman–Crippen MR) is 99.6 cm³/mol. The zero-order chi connectivity index (χ0) is 19.3. The number of amides is 1. The van der Waals surface area contributed by atoms with Crippen LogP contribution in [0.25, 0.3) is 0 Å². The number of methoxy groups -OCH3 is 1. The minimum atomic E-state index is -3.65. The van der Waals surface area contributed by atoms with Crippen LogP contribution in [0.5, 0.6) is 5.75 Å². The Balaban J connectivity index is 0.000000187. The van der Waals surface area contributed by atoms with Gasteiger partial charge >= 0.3 is 0 Å². The zero-order valence-corrected chi connectivity index (χ0v) is 15.6. The van der Waals surface area contributed by atoms with E-state index >= 15 is 0 Å². The monoisotopic (exact) mass is 375 g/mol. The Kier molecular flexibility index (Phi) is 6.12. The molecule has 0 aromatic heterocycles. The lowest BCUT2D eigenvalue weighted by molar-refractivity contribution is -0.119. The minimum absolute atomic E-state index is 0.0310. The highest BCUT2D eigenvalue weighted by molar-refractivity contribution is 7.89. The third-order valence-electron chi connectivity index (χ3n) is 3.70. The van der Waals surface area contributed by atoms with Crippen LogP contribution in [0.1, 0.15) is 23.1 Å². The first-order chi connectivity index (χ1) is 12.2. The lowest BCUT2D eigenvalue weighted by Gasteiger charge is -2.05. The summed E-state index contributed by atoms with van der Waals surface area (Å²) in [6.45, 7) is 3.70. The molecule has 0 spiro atoms. The molecule has 26 heavy (non-hydrogen) atoms. The van der Waals surface area contributed by atoms with E-state index in [1.807, 2.05) is 31.2 Å². The maximum atomic E-state index is 11.0. The molecule has 0 saturated heterocycles. The normalized spacial score (nSPS) is 13.4. The molecule has 0 saturated carbocycles. The number of ether oxygens (including phenoxy) is 1. The van der Waals surface area contributed by atoms with Crippen molar-refractivity contribution in [1.82, 2.24) is 5.43 Å². The first kappa shape index (κ1) is 19.6. The Morgan fingerprint density at radius 2 is 1.88 bits per heavy atom. The molecule has 7 nitrogen and oxygen atoms in total. The van der Waals surface area contributed by atoms with Gasteiger partial charge in [0, 0.05) is 6.07 Å². The van der Waals surface area contributed by atoms with Gasteiger partial charge in [-0.3, -0.25) is 4.79 Å². The molecular weight excluding hydrogens is 354 g/mol. The Morgan fingerprint density at radius 1 is 1.15 bits per heavy atom. The second kappa shape index (κ2) is 8.11. The number of sulfonamides is 1. The fourth-order valence-corrected chi connectivity index (χ4v) is 3.16. The number of rotatable bonds is 3. The van der Waals surface area contributed by atoms with Gasteiger partial charge in [-0.25, -0.2) is 19.0 Å². The smallest absolute Gasteiger partial charge is 0.246 e. The number of nitrogens with two attached hydrogens (primary N) is 1. The highest BCUT2D eigenvalue weighted by atomic mass is 32.2. The first-order valence-electron chi connectivity index (χ1n) is 7.80. The SMILES string of the molecule is COc1ccc(C)c(S(N)(=O)=O)c1.Cc1cccc(C2=NNC(=O)C2)c1. The molecule has 3 N–H and O–H groups in total. The lowest BCUT2D eigenvalue weighted by Crippen LogP contribution is -2.13. The molecule has 2 aromatic carbocycles. The largest absolute Gasteiger partial charge is 0.497 e. The van der Waals surface area contributed by atoms with Crippen molar-refractivity contribution in [3.63, 3.8) is 0 Å². The summed E-state index contributed by atoms with van der Waals surface area (Å²) >= 11 is 0. The number of hydrogen-bond donors (Lipinski definition) is 2. The Bertz CT molecular complexity index is 953. The van der Waals surface area contributed by atoms with Crippen LogP contribution in [-0.2, 0) is 14.8 Å². The molecule has 1 aliphatic heterocycles. The molecule has 3 rings (SSSR count). The van der Waals surface area contributed by atoms with Crippen LogP contribution in [0, 0.1) is 13.8 Å². The average molecular weight is 375 g/mol. The van der Waals surface area contributed by atoms with E-state index in [1.54, 1.807) is 19.1 Å². The van der Waals surface area contributed by atoms with Gasteiger partial charge in [-0.1, -0.05) is 35.9 Å². The standard InChI is InChI=1S/C10H10N2O.C8H11NO3S/c1-7-3-2-4-8(5-7)9-6-10(13)12-11-9;1-6-3-4-7(12-2)5-8(6)13(9,10)11/h2-5H,6H2,1H3,(H,12,13);3-5H,1-2H3,(H2,9,10,11). The number of hydrogen-bond acceptors (Lipinski definition) is 5. The summed E-state index contributed by atoms with van der Waals surface area (Å²) in [6.07, 6.45) is 0.392. The summed E-state index contributed by atoms with van der Waals surface area (Å²) in [5, 5.41) is 8.94. The van der Waals surface area contributed by atoms with E-state index in [2.05, 4.69) is 10.5 Å². The number of carbonyl (C=O) groups is 1. The Hall–Kier alpha value is -2.71. The van der Waals surface area contributed by atoms with Gasteiger partial charge < -0.3 is 4.74 Å². The second-order valence-electron chi connectivity index (χ2n) is 5.82. The molecule has 8 heteroatoms. The van der Waals surface area contributed by atoms with Gasteiger partial charge in [-0.2, -0.15) is 5.10 Å². The van der Waals surface area contributed by atoms with E-state index in [0.29, 0.717) is 17.7 Å². The Morgan fingerprint density at radius 3 is 2.42 bits per heavy atom. The fraction of sp³-hybridized carbons (Fsp3) is 0.222. The number of aryl methyl sites for hydroxylation is 2. The van der Waals surface area contributed by atoms with Crippen LogP contribution in [0.2, 0.25) is 0 Å². The molecule has 1 heterocycles. The van der Waals surface area contributed by atoms with Crippen LogP contribution >= 0.6 is 0 Å². The van der Waals surface area contributed by atoms with Crippen molar-refractivity contribution in [2.75, 3.05) is 7.11 Å². The minimum Gasteiger partial charge on any atom is -0.497 e. The number of benzene rings is 2. The van der Waals surface area contributed by atoms with Gasteiger partial charge in [0.1, 0.15) is 5.75 Å². The van der Waals surface area contributed by atoms with Gasteiger partial charge in [0.15, 0.2) is 0 Å². The van der Waals surface area contributed by atoms with Crippen LogP contribution in [0.15, 0.2) is 52.5 Å². The molecule has 0 radical (unpaired) electrons. The number of nitrogens with one attached hydrogen (secondary N) is 1. The van der Waals surface area contributed by atoms with Crippen molar-refractivity contribution in [3.8, 4) is 5.75 Å². The molecule has 0 unspecified atom stereocenters. The second-order valence-corrected chi connectivity index (χ2v) is 7.35. The van der Waals surface area contributed by atoms with Gasteiger partial charge in [0.05, 0.1) is 24.1 Å². The lowest BCUT2D eigenvalue weighted by atomic mass is 10.1. The van der Waals surface area contributed by atoms with E-state index in [1.165, 1.54) is 18.7 Å². The summed E-state index contributed by atoms with van der Waals surface area (Å²) in [5.74, 6) is 0.450. The topological polar surface area (TPSA) is 111 Å². The quantitative estimate of drug-likeness (QED) is 0.853. The molecule has 1 amide bonds. The fourth-order valence-electron chi connectivity index (χ4n) is 2.37. The summed E-state index contributed by atoms with van der Waals surface area (Å²) < 4.78 is 27.0. The van der Waals surface area contributed by atoms with E-state index in [9.17, 15) is 13.2 Å². The maximum Gasteiger partial charge on any atom is 0.246 e. The van der Waals surface area contributed by atoms with Gasteiger partial charge in [-0.05, 0) is 31.0 Å². The van der Waals surface area contributed by atoms with Crippen LogP contribution in [0.4, 0.5) is 0 Å². The summed E-state index contributed by atoms with van der Waals surface area (Å²) in [7, 11) is -2.18. The van der Waals surface area contributed by atoms with Crippen molar-refractivity contribution >= 4 is 21.6 Å². The number of hydrazone groups is 1. The molecule has 2 aromatic rings. The maximum absolute atomic E-state index is 11.0. The van der Waals surface area contributed by atoms with E-state index in [-0.39, 0.29) is 10.8 Å². The van der Waals surface area contributed by atoms with Gasteiger partial charge in [0.25, 0.3) is 0 Å². The number of carbonyl (C=O) groups excluding carboxylic acids is 1. The van der Waals surface area contributed by atoms with E-state index in [4.69, 9.17) is 9.88 Å². The number of nitrogens with zero attached hydrogens (tertiary/aromatic N) is 1. The van der Waals surface area contributed by atoms with Crippen LogP contribution in [-0.4, -0.2) is 27.1 Å². The molecule has 1 aliphatic rings. The third-order valence-corrected chi connectivity index (χ3v) is 4.75. The zero-order valence-electron chi connectivity index (χ0n) is 14.8. The van der Waals surface area contributed by atoms with Crippen molar-refractivity contribution in [3.05, 3.63) is 59.2 Å².